The molecule has 29 rings (SSSR count). The molecule has 0 unspecified atom stereocenters. The van der Waals surface area contributed by atoms with Gasteiger partial charge in [-0.2, -0.15) is 0 Å². The first-order valence-corrected chi connectivity index (χ1v) is 51.5. The Labute approximate surface area is 870 Å². The number of hydrogen-bond acceptors (Lipinski definition) is 3. The average molecular weight is 1910 g/mol. The van der Waals surface area contributed by atoms with Crippen LogP contribution >= 0.6 is 0 Å². The van der Waals surface area contributed by atoms with Crippen molar-refractivity contribution in [3.63, 3.8) is 0 Å². The molecule has 0 aliphatic heterocycles. The molecule has 6 nitrogen and oxygen atoms in total. The Balaban J connectivity index is 0.000000111. The fraction of sp³-hybridized carbons (Fsp3) is 0. The van der Waals surface area contributed by atoms with Gasteiger partial charge < -0.3 is 28.4 Å². The molecule has 0 bridgehead atoms. The molecule has 0 saturated heterocycles. The number of fused-ring (bicyclic) bond motifs is 15. The van der Waals surface area contributed by atoms with Gasteiger partial charge in [0, 0.05) is 101 Å². The zero-order chi connectivity index (χ0) is 99.3. The Bertz CT molecular complexity index is 10100. The van der Waals surface area contributed by atoms with Crippen LogP contribution in [0.1, 0.15) is 0 Å². The van der Waals surface area contributed by atoms with Crippen molar-refractivity contribution < 1.29 is 0 Å². The highest BCUT2D eigenvalue weighted by Crippen LogP contribution is 2.47. The van der Waals surface area contributed by atoms with Crippen LogP contribution in [-0.2, 0) is 0 Å². The maximum atomic E-state index is 2.40. The van der Waals surface area contributed by atoms with E-state index < -0.39 is 0 Å². The van der Waals surface area contributed by atoms with E-state index in [0.717, 1.165) is 68.2 Å². The molecule has 0 atom stereocenters. The van der Waals surface area contributed by atoms with Gasteiger partial charge in [0.15, 0.2) is 0 Å². The molecule has 0 saturated carbocycles. The van der Waals surface area contributed by atoms with Gasteiger partial charge in [-0.15, -0.1) is 0 Å². The van der Waals surface area contributed by atoms with E-state index in [4.69, 9.17) is 0 Å². The van der Waals surface area contributed by atoms with Gasteiger partial charge in [0.2, 0.25) is 0 Å². The van der Waals surface area contributed by atoms with Crippen LogP contribution in [0.2, 0.25) is 0 Å². The highest BCUT2D eigenvalue weighted by molar-refractivity contribution is 6.17. The van der Waals surface area contributed by atoms with Crippen molar-refractivity contribution in [1.29, 1.82) is 0 Å². The molecule has 704 valence electrons. The van der Waals surface area contributed by atoms with Crippen LogP contribution < -0.4 is 14.7 Å². The number of benzene rings is 26. The van der Waals surface area contributed by atoms with Crippen LogP contribution in [0.15, 0.2) is 595 Å². The molecule has 0 N–H and O–H groups in total. The molecule has 0 spiro atoms. The summed E-state index contributed by atoms with van der Waals surface area (Å²) < 4.78 is 7.19. The molecule has 0 radical (unpaired) electrons. The van der Waals surface area contributed by atoms with Gasteiger partial charge >= 0.3 is 0 Å². The topological polar surface area (TPSA) is 24.5 Å². The van der Waals surface area contributed by atoms with Gasteiger partial charge in [0.1, 0.15) is 0 Å². The van der Waals surface area contributed by atoms with E-state index in [1.165, 1.54) is 186 Å². The SMILES string of the molecule is c1ccc(-c2ccc(N(c3ccc(-c4ccc5ccccc5c4)cc3)c3ccc(-n4c5ccccc5c5cc6ccccc6cc54)cc3)cc2)cc1.c1ccc(N(c2ccc(-c3ccc(-n4c5ccccc5c5cc6ccccc6cc54)cc3)cc2)c2ccc(-c3ccc4ccccc4c3)cc2)cc1.c1ccc(N(c2ccc(-n3c4ccccc4c4cc5ccccc5cc43)cc2)c2cccc(-c3ccc4ccccc4c3)c2)cc1. The number of nitrogens with zero attached hydrogens (tertiary/aromatic N) is 6. The summed E-state index contributed by atoms with van der Waals surface area (Å²) in [7, 11) is 0. The van der Waals surface area contributed by atoms with Crippen LogP contribution in [-0.4, -0.2) is 13.7 Å². The van der Waals surface area contributed by atoms with Crippen LogP contribution in [0, 0.1) is 0 Å². The van der Waals surface area contributed by atoms with E-state index in [0.29, 0.717) is 0 Å². The van der Waals surface area contributed by atoms with Crippen LogP contribution in [0.3, 0.4) is 0 Å². The highest BCUT2D eigenvalue weighted by Gasteiger charge is 2.24. The fourth-order valence-electron chi connectivity index (χ4n) is 22.4. The molecule has 29 aromatic rings. The third kappa shape index (κ3) is 16.9. The van der Waals surface area contributed by atoms with E-state index in [2.05, 4.69) is 623 Å². The number of anilines is 9. The minimum atomic E-state index is 1.10. The quantitative estimate of drug-likeness (QED) is 0.0908. The highest BCUT2D eigenvalue weighted by atomic mass is 15.2. The van der Waals surface area contributed by atoms with E-state index >= 15 is 0 Å². The van der Waals surface area contributed by atoms with Crippen molar-refractivity contribution in [2.45, 2.75) is 0 Å². The van der Waals surface area contributed by atoms with Gasteiger partial charge in [-0.3, -0.25) is 0 Å². The Morgan fingerprint density at radius 1 is 0.100 bits per heavy atom. The largest absolute Gasteiger partial charge is 0.311 e. The average Bonchev–Trinajstić information content (AvgIpc) is 1.59. The minimum absolute atomic E-state index is 1.10. The first-order chi connectivity index (χ1) is 74.3. The molecule has 0 aliphatic carbocycles. The summed E-state index contributed by atoms with van der Waals surface area (Å²) in [5, 5.41) is 22.7. The van der Waals surface area contributed by atoms with Crippen molar-refractivity contribution in [3.05, 3.63) is 595 Å². The van der Waals surface area contributed by atoms with E-state index in [9.17, 15) is 0 Å². The van der Waals surface area contributed by atoms with Crippen molar-refractivity contribution in [3.8, 4) is 72.7 Å². The molecular weight excluding hydrogens is 1810 g/mol. The van der Waals surface area contributed by atoms with Gasteiger partial charge in [0.25, 0.3) is 0 Å². The number of rotatable bonds is 17. The van der Waals surface area contributed by atoms with Gasteiger partial charge in [-0.1, -0.05) is 376 Å². The smallest absolute Gasteiger partial charge is 0.0547 e. The molecule has 150 heavy (non-hydrogen) atoms. The fourth-order valence-corrected chi connectivity index (χ4v) is 22.4. The second-order valence-corrected chi connectivity index (χ2v) is 38.8. The molecular formula is C144H98N6. The van der Waals surface area contributed by atoms with Crippen molar-refractivity contribution in [2.75, 3.05) is 14.7 Å². The Hall–Kier alpha value is -19.9. The third-order valence-electron chi connectivity index (χ3n) is 29.8. The summed E-state index contributed by atoms with van der Waals surface area (Å²) in [4.78, 5) is 7.01. The van der Waals surface area contributed by atoms with Crippen molar-refractivity contribution in [2.24, 2.45) is 0 Å². The van der Waals surface area contributed by atoms with Crippen molar-refractivity contribution in [1.82, 2.24) is 13.7 Å². The number of aromatic nitrogens is 3. The predicted octanol–water partition coefficient (Wildman–Crippen LogP) is 40.0. The summed E-state index contributed by atoms with van der Waals surface area (Å²) in [6.07, 6.45) is 0. The normalized spacial score (nSPS) is 11.5. The lowest BCUT2D eigenvalue weighted by atomic mass is 10.0. The van der Waals surface area contributed by atoms with E-state index in [-0.39, 0.29) is 0 Å². The first kappa shape index (κ1) is 89.0. The van der Waals surface area contributed by atoms with Crippen LogP contribution in [0.5, 0.6) is 0 Å². The third-order valence-corrected chi connectivity index (χ3v) is 29.8. The molecule has 3 heterocycles. The Morgan fingerprint density at radius 3 is 0.613 bits per heavy atom. The zero-order valence-electron chi connectivity index (χ0n) is 82.3. The Kier molecular flexibility index (Phi) is 22.9. The standard InChI is InChI=1S/2C50H34N2.C44H30N2/c1-2-14-43(15-3-1)51(45-28-24-38(25-29-45)42-19-18-35-10-4-5-11-39(35)32-42)44-26-20-36(21-27-44)37-22-30-46(31-23-37)52-49-17-9-8-16-47(49)48-33-40-12-6-7-13-41(40)34-50(48)52;1-2-10-35(11-3-1)37-20-24-43(25-21-37)51(44-26-22-38(23-27-44)42-19-18-36-12-4-5-13-39(36)32-42)45-28-30-46(31-29-45)52-49-17-9-8-16-47(49)48-33-40-14-6-7-15-41(40)34-50(48)52;1-2-16-37(17-3-1)45(40-18-10-15-33(28-40)36-22-21-31-11-4-5-12-32(31)27-36)38-23-25-39(26-24-38)46-43-20-9-8-19-41(43)42-29-34-13-6-7-14-35(34)30-44(42)46/h2*1-34H;1-30H. The van der Waals surface area contributed by atoms with E-state index in [1.807, 2.05) is 0 Å². The molecule has 6 heteroatoms. The van der Waals surface area contributed by atoms with Crippen LogP contribution in [0.25, 0.3) is 203 Å². The monoisotopic (exact) mass is 1910 g/mol. The lowest BCUT2D eigenvalue weighted by molar-refractivity contribution is 1.17. The van der Waals surface area contributed by atoms with Gasteiger partial charge in [0.05, 0.1) is 33.1 Å². The minimum Gasteiger partial charge on any atom is -0.311 e. The molecule has 0 amide bonds. The summed E-state index contributed by atoms with van der Waals surface area (Å²) in [5.41, 5.74) is 32.8. The summed E-state index contributed by atoms with van der Waals surface area (Å²) in [5.74, 6) is 0. The van der Waals surface area contributed by atoms with E-state index in [1.54, 1.807) is 0 Å². The molecule has 0 aliphatic rings. The lowest BCUT2D eigenvalue weighted by Gasteiger charge is -2.26. The second-order valence-electron chi connectivity index (χ2n) is 38.8. The molecule has 0 fully saturated rings. The number of para-hydroxylation sites is 5. The lowest BCUT2D eigenvalue weighted by Crippen LogP contribution is -2.10. The van der Waals surface area contributed by atoms with Crippen LogP contribution in [0.4, 0.5) is 51.2 Å². The molecule has 26 aromatic carbocycles. The molecule has 3 aromatic heterocycles. The summed E-state index contributed by atoms with van der Waals surface area (Å²) in [6.45, 7) is 0. The Morgan fingerprint density at radius 2 is 0.293 bits per heavy atom. The van der Waals surface area contributed by atoms with Crippen molar-refractivity contribution >= 4 is 181 Å². The zero-order valence-corrected chi connectivity index (χ0v) is 82.3. The maximum Gasteiger partial charge on any atom is 0.0547 e. The second kappa shape index (κ2) is 38.6. The summed E-state index contributed by atoms with van der Waals surface area (Å²) >= 11 is 0. The first-order valence-electron chi connectivity index (χ1n) is 51.5. The van der Waals surface area contributed by atoms with Gasteiger partial charge in [-0.25, -0.2) is 0 Å². The predicted molar refractivity (Wildman–Crippen MR) is 639 cm³/mol. The van der Waals surface area contributed by atoms with Gasteiger partial charge in [-0.05, 0) is 339 Å². The maximum absolute atomic E-state index is 2.40. The summed E-state index contributed by atoms with van der Waals surface area (Å²) in [6, 6.07) is 215. The number of hydrogen-bond donors (Lipinski definition) is 0.